The molecule has 0 unspecified atom stereocenters. The molecule has 0 spiro atoms. The van der Waals surface area contributed by atoms with Crippen molar-refractivity contribution in [2.45, 2.75) is 0 Å². The summed E-state index contributed by atoms with van der Waals surface area (Å²) in [4.78, 5) is 2.39. The van der Waals surface area contributed by atoms with Crippen molar-refractivity contribution in [1.82, 2.24) is 8.80 Å². The zero-order valence-corrected chi connectivity index (χ0v) is 36.5. The first kappa shape index (κ1) is 24.1. The maximum absolute atomic E-state index is 9.35. The first-order valence-corrected chi connectivity index (χ1v) is 22.5. The van der Waals surface area contributed by atoms with Gasteiger partial charge in [0.25, 0.3) is 0 Å². The Hall–Kier alpha value is -9.38. The molecular formula is C66H42N4. The van der Waals surface area contributed by atoms with Crippen molar-refractivity contribution >= 4 is 110 Å². The lowest BCUT2D eigenvalue weighted by molar-refractivity contribution is 1.29. The van der Waals surface area contributed by atoms with Gasteiger partial charge in [0.05, 0.1) is 71.9 Å². The molecule has 4 heterocycles. The van der Waals surface area contributed by atoms with Gasteiger partial charge in [-0.05, 0) is 83.7 Å². The Bertz CT molecular complexity index is 5090. The molecular weight excluding hydrogens is 849 g/mol. The Balaban J connectivity index is 1.15. The molecule has 0 amide bonds. The van der Waals surface area contributed by atoms with Crippen molar-refractivity contribution in [1.29, 1.82) is 0 Å². The van der Waals surface area contributed by atoms with E-state index in [2.05, 4.69) is 8.80 Å². The number of aromatic nitrogens is 2. The van der Waals surface area contributed by atoms with Gasteiger partial charge >= 0.3 is 0 Å². The molecule has 326 valence electrons. The van der Waals surface area contributed by atoms with E-state index in [1.807, 2.05) is 109 Å². The molecule has 70 heavy (non-hydrogen) atoms. The summed E-state index contributed by atoms with van der Waals surface area (Å²) >= 11 is 0. The summed E-state index contributed by atoms with van der Waals surface area (Å²) in [6, 6.07) is 28.0. The number of fused-ring (bicyclic) bond motifs is 12. The number of hydrogen-bond acceptors (Lipinski definition) is 2. The van der Waals surface area contributed by atoms with Crippen LogP contribution >= 0.6 is 0 Å². The van der Waals surface area contributed by atoms with E-state index in [1.165, 1.54) is 9.80 Å². The fourth-order valence-corrected chi connectivity index (χ4v) is 11.0. The molecule has 4 aromatic heterocycles. The maximum atomic E-state index is 9.35. The van der Waals surface area contributed by atoms with Crippen LogP contribution in [0.5, 0.6) is 0 Å². The highest BCUT2D eigenvalue weighted by molar-refractivity contribution is 6.39. The van der Waals surface area contributed by atoms with Gasteiger partial charge in [-0.2, -0.15) is 0 Å². The minimum Gasteiger partial charge on any atom is -0.310 e. The maximum Gasteiger partial charge on any atom is 0.0645 e. The third-order valence-electron chi connectivity index (χ3n) is 13.5. The van der Waals surface area contributed by atoms with E-state index in [9.17, 15) is 11.0 Å². The fourth-order valence-electron chi connectivity index (χ4n) is 11.0. The van der Waals surface area contributed by atoms with Gasteiger partial charge in [0, 0.05) is 77.0 Å². The first-order valence-electron chi connectivity index (χ1n) is 32.5. The standard InChI is InChI=1S/C66H42N4/c1-7-23-43(24-8-1)57-61-51-37-19-35-49-60-54(68(47-31-15-5-16-32-47)48-33-17-6-18-34-48)40-22-42-56(60)70(63(49)51)66(61)58(44-25-9-2-10-26-44)62-52-38-20-36-50-59-53(39-21-41-55(59)69(64(50)52)65(57)62)67(45-27-11-3-12-28-45)46-29-13-4-14-30-46/h1-42H/i3D,4D,5D,6D,11D,12D,13D,14D,15D,16D,17D,18D,27D,28D,29D,30D,31D,32D,33D,34D. The lowest BCUT2D eigenvalue weighted by atomic mass is 9.89. The summed E-state index contributed by atoms with van der Waals surface area (Å²) in [5.74, 6) is 0. The van der Waals surface area contributed by atoms with Crippen molar-refractivity contribution in [3.63, 3.8) is 0 Å². The topological polar surface area (TPSA) is 15.3 Å². The third-order valence-corrected chi connectivity index (χ3v) is 13.5. The van der Waals surface area contributed by atoms with Crippen molar-refractivity contribution in [3.8, 4) is 22.3 Å². The van der Waals surface area contributed by atoms with E-state index in [-0.39, 0.29) is 11.4 Å². The van der Waals surface area contributed by atoms with E-state index >= 15 is 0 Å². The molecule has 0 atom stereocenters. The summed E-state index contributed by atoms with van der Waals surface area (Å²) in [6.45, 7) is 0. The summed E-state index contributed by atoms with van der Waals surface area (Å²) < 4.78 is 184. The van der Waals surface area contributed by atoms with E-state index in [4.69, 9.17) is 16.4 Å². The van der Waals surface area contributed by atoms with Gasteiger partial charge in [0.1, 0.15) is 0 Å². The predicted octanol–water partition coefficient (Wildman–Crippen LogP) is 18.3. The number of hydrogen-bond donors (Lipinski definition) is 0. The molecule has 11 aromatic carbocycles. The molecule has 0 saturated heterocycles. The van der Waals surface area contributed by atoms with Gasteiger partial charge in [-0.1, -0.05) is 182 Å². The second kappa shape index (κ2) is 15.1. The summed E-state index contributed by atoms with van der Waals surface area (Å²) in [7, 11) is 0. The van der Waals surface area contributed by atoms with Crippen LogP contribution in [0.1, 0.15) is 27.4 Å². The largest absolute Gasteiger partial charge is 0.310 e. The fraction of sp³-hybridized carbons (Fsp3) is 0. The lowest BCUT2D eigenvalue weighted by Crippen LogP contribution is -2.10. The van der Waals surface area contributed by atoms with Crippen molar-refractivity contribution in [3.05, 3.63) is 254 Å². The minimum atomic E-state index is -0.699. The van der Waals surface area contributed by atoms with Crippen LogP contribution in [0, 0.1) is 0 Å². The number of para-hydroxylation sites is 6. The van der Waals surface area contributed by atoms with E-state index in [0.29, 0.717) is 43.6 Å². The van der Waals surface area contributed by atoms with Crippen LogP contribution in [-0.4, -0.2) is 8.80 Å². The molecule has 15 aromatic rings. The molecule has 15 rings (SSSR count). The molecule has 0 fully saturated rings. The van der Waals surface area contributed by atoms with E-state index < -0.39 is 144 Å². The smallest absolute Gasteiger partial charge is 0.0645 e. The van der Waals surface area contributed by atoms with Gasteiger partial charge in [0.2, 0.25) is 0 Å². The van der Waals surface area contributed by atoms with E-state index in [0.717, 1.165) is 54.8 Å². The highest BCUT2D eigenvalue weighted by Gasteiger charge is 2.32. The number of benzene rings is 11. The Kier molecular flexibility index (Phi) is 5.18. The summed E-state index contributed by atoms with van der Waals surface area (Å²) in [5.41, 5.74) is 5.66. The van der Waals surface area contributed by atoms with Crippen molar-refractivity contribution in [2.24, 2.45) is 0 Å². The predicted molar refractivity (Wildman–Crippen MR) is 296 cm³/mol. The Morgan fingerprint density at radius 2 is 0.600 bits per heavy atom. The number of rotatable bonds is 8. The minimum absolute atomic E-state index is 0.156. The van der Waals surface area contributed by atoms with Gasteiger partial charge in [-0.15, -0.1) is 0 Å². The zero-order valence-electron chi connectivity index (χ0n) is 56.5. The average molecular weight is 911 g/mol. The molecule has 0 bridgehead atoms. The van der Waals surface area contributed by atoms with Crippen molar-refractivity contribution < 1.29 is 27.4 Å². The Labute approximate surface area is 432 Å². The molecule has 0 aliphatic carbocycles. The van der Waals surface area contributed by atoms with E-state index in [1.54, 1.807) is 24.3 Å². The van der Waals surface area contributed by atoms with Crippen LogP contribution < -0.4 is 9.80 Å². The van der Waals surface area contributed by atoms with Gasteiger partial charge < -0.3 is 18.6 Å². The molecule has 0 radical (unpaired) electrons. The van der Waals surface area contributed by atoms with Crippen LogP contribution in [0.3, 0.4) is 0 Å². The quantitative estimate of drug-likeness (QED) is 0.151. The molecule has 4 nitrogen and oxygen atoms in total. The SMILES string of the molecule is [2H]c1c([2H])c([2H])c(N(c2c([2H])c([2H])c([2H])c([2H])c2[2H])c2cccc3c2c2cccc4c5c(-c6ccccc6)c6c(c(-c7ccccc7)c5n3c24)c2cccc3c4c(N(c5c([2H])c([2H])c([2H])c([2H])c5[2H])c5c([2H])c([2H])c([2H])c([2H])c5[2H])cccc4n6c32)c([2H])c1[2H]. The number of nitrogens with zero attached hydrogens (tertiary/aromatic N) is 4. The number of anilines is 6. The van der Waals surface area contributed by atoms with Gasteiger partial charge in [-0.3, -0.25) is 0 Å². The molecule has 4 heteroatoms. The Morgan fingerprint density at radius 1 is 0.286 bits per heavy atom. The van der Waals surface area contributed by atoms with Crippen LogP contribution in [0.4, 0.5) is 34.1 Å². The molecule has 0 saturated carbocycles. The second-order valence-electron chi connectivity index (χ2n) is 16.9. The van der Waals surface area contributed by atoms with Gasteiger partial charge in [0.15, 0.2) is 0 Å². The van der Waals surface area contributed by atoms with Crippen LogP contribution in [0.25, 0.3) is 98.4 Å². The average Bonchev–Trinajstić information content (AvgIpc) is 1.49. The first-order chi connectivity index (χ1) is 43.1. The monoisotopic (exact) mass is 910 g/mol. The summed E-state index contributed by atoms with van der Waals surface area (Å²) in [5, 5.41) is 5.23. The van der Waals surface area contributed by atoms with Crippen molar-refractivity contribution in [2.75, 3.05) is 9.80 Å². The van der Waals surface area contributed by atoms with Gasteiger partial charge in [-0.25, -0.2) is 0 Å². The molecule has 0 N–H and O–H groups in total. The second-order valence-corrected chi connectivity index (χ2v) is 16.9. The van der Waals surface area contributed by atoms with Crippen LogP contribution in [0.15, 0.2) is 254 Å². The molecule has 0 aliphatic rings. The van der Waals surface area contributed by atoms with Crippen LogP contribution in [0.2, 0.25) is 0 Å². The highest BCUT2D eigenvalue weighted by Crippen LogP contribution is 2.56. The Morgan fingerprint density at radius 3 is 0.943 bits per heavy atom. The zero-order chi connectivity index (χ0) is 63.3. The normalized spacial score (nSPS) is 16.0. The summed E-state index contributed by atoms with van der Waals surface area (Å²) in [6.07, 6.45) is 0. The highest BCUT2D eigenvalue weighted by atomic mass is 15.2. The third kappa shape index (κ3) is 5.36. The lowest BCUT2D eigenvalue weighted by Gasteiger charge is -2.26. The van der Waals surface area contributed by atoms with Crippen LogP contribution in [-0.2, 0) is 0 Å². The molecule has 0 aliphatic heterocycles.